The molecule has 0 rings (SSSR count). The lowest BCUT2D eigenvalue weighted by Gasteiger charge is -2.06. The Balaban J connectivity index is 4.60. The lowest BCUT2D eigenvalue weighted by molar-refractivity contribution is -0.0878. The summed E-state index contributed by atoms with van der Waals surface area (Å²) in [6, 6.07) is 0. The van der Waals surface area contributed by atoms with Crippen molar-refractivity contribution < 1.29 is 13.2 Å². The Morgan fingerprint density at radius 2 is 1.93 bits per heavy atom. The van der Waals surface area contributed by atoms with Crippen molar-refractivity contribution in [3.63, 3.8) is 0 Å². The Bertz CT molecular complexity index is 249. The zero-order chi connectivity index (χ0) is 11.2. The van der Waals surface area contributed by atoms with E-state index in [-0.39, 0.29) is 0 Å². The highest BCUT2D eigenvalue weighted by Gasteiger charge is 2.30. The van der Waals surface area contributed by atoms with Gasteiger partial charge in [-0.15, -0.1) is 0 Å². The number of rotatable bonds is 4. The molecule has 0 unspecified atom stereocenters. The highest BCUT2D eigenvalue weighted by Crippen LogP contribution is 2.26. The summed E-state index contributed by atoms with van der Waals surface area (Å²) < 4.78 is 36.2. The van der Waals surface area contributed by atoms with E-state index in [1.165, 1.54) is 0 Å². The van der Waals surface area contributed by atoms with Gasteiger partial charge in [-0.05, 0) is 18.9 Å². The molecule has 0 fully saturated rings. The maximum absolute atomic E-state index is 12.1. The van der Waals surface area contributed by atoms with Gasteiger partial charge >= 0.3 is 6.18 Å². The zero-order valence-corrected chi connectivity index (χ0v) is 8.36. The number of hydrogen-bond acceptors (Lipinski definition) is 1. The van der Waals surface area contributed by atoms with E-state index in [9.17, 15) is 13.2 Å². The molecule has 0 spiro atoms. The summed E-state index contributed by atoms with van der Waals surface area (Å²) in [7, 11) is 0. The monoisotopic (exact) mass is 205 g/mol. The van der Waals surface area contributed by atoms with E-state index >= 15 is 0 Å². The summed E-state index contributed by atoms with van der Waals surface area (Å²) >= 11 is 0. The molecular formula is C10H14F3N. The molecule has 0 N–H and O–H groups in total. The van der Waals surface area contributed by atoms with E-state index in [1.54, 1.807) is 13.1 Å². The van der Waals surface area contributed by atoms with Crippen LogP contribution < -0.4 is 0 Å². The number of aliphatic imine (C=N–C) groups is 1. The van der Waals surface area contributed by atoms with Crippen molar-refractivity contribution in [1.29, 1.82) is 0 Å². The molecule has 0 aliphatic rings. The molecule has 0 atom stereocenters. The lowest BCUT2D eigenvalue weighted by Crippen LogP contribution is -2.08. The highest BCUT2D eigenvalue weighted by molar-refractivity contribution is 5.58. The van der Waals surface area contributed by atoms with E-state index in [4.69, 9.17) is 0 Å². The number of halogens is 3. The molecule has 0 aliphatic heterocycles. The van der Waals surface area contributed by atoms with Gasteiger partial charge < -0.3 is 0 Å². The van der Waals surface area contributed by atoms with Crippen LogP contribution in [0.4, 0.5) is 13.2 Å². The fraction of sp³-hybridized carbons (Fsp3) is 0.500. The zero-order valence-electron chi connectivity index (χ0n) is 8.36. The largest absolute Gasteiger partial charge is 0.415 e. The van der Waals surface area contributed by atoms with Gasteiger partial charge in [0.15, 0.2) is 0 Å². The molecule has 4 heteroatoms. The second-order valence-electron chi connectivity index (χ2n) is 2.73. The molecule has 0 aliphatic carbocycles. The van der Waals surface area contributed by atoms with Crippen LogP contribution in [0.2, 0.25) is 0 Å². The van der Waals surface area contributed by atoms with Crippen molar-refractivity contribution in [2.24, 2.45) is 4.99 Å². The molecule has 0 aromatic rings. The van der Waals surface area contributed by atoms with Gasteiger partial charge in [0.2, 0.25) is 0 Å². The van der Waals surface area contributed by atoms with Crippen LogP contribution in [0, 0.1) is 0 Å². The van der Waals surface area contributed by atoms with Gasteiger partial charge in [0.05, 0.1) is 5.57 Å². The van der Waals surface area contributed by atoms with Crippen molar-refractivity contribution in [2.45, 2.75) is 32.9 Å². The molecule has 0 radical (unpaired) electrons. The average molecular weight is 205 g/mol. The fourth-order valence-electron chi connectivity index (χ4n) is 0.722. The van der Waals surface area contributed by atoms with Crippen LogP contribution in [0.15, 0.2) is 28.9 Å². The highest BCUT2D eigenvalue weighted by atomic mass is 19.4. The molecule has 0 saturated heterocycles. The molecule has 0 saturated carbocycles. The van der Waals surface area contributed by atoms with Gasteiger partial charge in [0.1, 0.15) is 0 Å². The number of allylic oxidation sites excluding steroid dienone is 3. The standard InChI is InChI=1S/C10H14F3N/c1-4-6-14-9(5-2)7-8(3)10(11,12)13/h6-7H,3-5H2,1-2H3/b9-7+,14-6?. The van der Waals surface area contributed by atoms with Gasteiger partial charge in [-0.3, -0.25) is 4.99 Å². The molecule has 14 heavy (non-hydrogen) atoms. The Morgan fingerprint density at radius 1 is 1.36 bits per heavy atom. The first-order chi connectivity index (χ1) is 6.41. The Morgan fingerprint density at radius 3 is 2.29 bits per heavy atom. The molecular weight excluding hydrogens is 191 g/mol. The third-order valence-corrected chi connectivity index (χ3v) is 1.51. The smallest absolute Gasteiger partial charge is 0.266 e. The van der Waals surface area contributed by atoms with Crippen LogP contribution in [0.5, 0.6) is 0 Å². The van der Waals surface area contributed by atoms with E-state index in [0.717, 1.165) is 6.08 Å². The Hall–Kier alpha value is -1.06. The molecule has 1 nitrogen and oxygen atoms in total. The quantitative estimate of drug-likeness (QED) is 0.488. The SMILES string of the molecule is C=C(/C=C(\CC)N=CCC)C(F)(F)F. The Labute approximate surface area is 82.0 Å². The van der Waals surface area contributed by atoms with Crippen molar-refractivity contribution in [1.82, 2.24) is 0 Å². The first kappa shape index (κ1) is 12.9. The molecule has 0 aromatic carbocycles. The molecule has 0 heterocycles. The Kier molecular flexibility index (Phi) is 5.20. The van der Waals surface area contributed by atoms with E-state index in [2.05, 4.69) is 11.6 Å². The van der Waals surface area contributed by atoms with Crippen LogP contribution in [0.25, 0.3) is 0 Å². The summed E-state index contributed by atoms with van der Waals surface area (Å²) in [5.74, 6) is 0. The van der Waals surface area contributed by atoms with Gasteiger partial charge in [-0.1, -0.05) is 20.4 Å². The maximum atomic E-state index is 12.1. The van der Waals surface area contributed by atoms with Crippen LogP contribution in [0.1, 0.15) is 26.7 Å². The van der Waals surface area contributed by atoms with Gasteiger partial charge in [-0.2, -0.15) is 13.2 Å². The molecule has 0 bridgehead atoms. The van der Waals surface area contributed by atoms with Gasteiger partial charge in [0.25, 0.3) is 0 Å². The van der Waals surface area contributed by atoms with E-state index < -0.39 is 11.7 Å². The third kappa shape index (κ3) is 4.84. The predicted molar refractivity (Wildman–Crippen MR) is 52.4 cm³/mol. The minimum absolute atomic E-state index is 0.397. The summed E-state index contributed by atoms with van der Waals surface area (Å²) in [6.07, 6.45) is -0.630. The number of nitrogens with zero attached hydrogens (tertiary/aromatic N) is 1. The van der Waals surface area contributed by atoms with Crippen molar-refractivity contribution >= 4 is 6.21 Å². The number of hydrogen-bond donors (Lipinski definition) is 0. The lowest BCUT2D eigenvalue weighted by atomic mass is 10.2. The van der Waals surface area contributed by atoms with E-state index in [1.807, 2.05) is 6.92 Å². The van der Waals surface area contributed by atoms with Crippen LogP contribution >= 0.6 is 0 Å². The molecule has 0 aromatic heterocycles. The van der Waals surface area contributed by atoms with Crippen molar-refractivity contribution in [2.75, 3.05) is 0 Å². The second-order valence-corrected chi connectivity index (χ2v) is 2.73. The molecule has 0 amide bonds. The van der Waals surface area contributed by atoms with Gasteiger partial charge in [-0.25, -0.2) is 0 Å². The number of alkyl halides is 3. The second kappa shape index (κ2) is 5.62. The molecule has 80 valence electrons. The van der Waals surface area contributed by atoms with E-state index in [0.29, 0.717) is 18.5 Å². The van der Waals surface area contributed by atoms with Crippen molar-refractivity contribution in [3.8, 4) is 0 Å². The van der Waals surface area contributed by atoms with Crippen LogP contribution in [0.3, 0.4) is 0 Å². The third-order valence-electron chi connectivity index (χ3n) is 1.51. The summed E-state index contributed by atoms with van der Waals surface area (Å²) in [5, 5.41) is 0. The summed E-state index contributed by atoms with van der Waals surface area (Å²) in [6.45, 7) is 6.57. The first-order valence-electron chi connectivity index (χ1n) is 4.41. The summed E-state index contributed by atoms with van der Waals surface area (Å²) in [4.78, 5) is 3.89. The normalized spacial score (nSPS) is 13.6. The topological polar surface area (TPSA) is 12.4 Å². The minimum atomic E-state index is -4.36. The van der Waals surface area contributed by atoms with Crippen LogP contribution in [-0.2, 0) is 0 Å². The predicted octanol–water partition coefficient (Wildman–Crippen LogP) is 3.88. The first-order valence-corrected chi connectivity index (χ1v) is 4.41. The maximum Gasteiger partial charge on any atom is 0.415 e. The van der Waals surface area contributed by atoms with Crippen LogP contribution in [-0.4, -0.2) is 12.4 Å². The minimum Gasteiger partial charge on any atom is -0.266 e. The summed E-state index contributed by atoms with van der Waals surface area (Å²) in [5.41, 5.74) is -0.461. The van der Waals surface area contributed by atoms with Gasteiger partial charge in [0, 0.05) is 11.9 Å². The fourth-order valence-corrected chi connectivity index (χ4v) is 0.722. The average Bonchev–Trinajstić information content (AvgIpc) is 2.10. The van der Waals surface area contributed by atoms with Crippen molar-refractivity contribution in [3.05, 3.63) is 23.9 Å².